The fourth-order valence-electron chi connectivity index (χ4n) is 0.710. The summed E-state index contributed by atoms with van der Waals surface area (Å²) in [5, 5.41) is 0.579. The van der Waals surface area contributed by atoms with Crippen molar-refractivity contribution in [3.63, 3.8) is 0 Å². The molecule has 0 aliphatic rings. The van der Waals surface area contributed by atoms with Crippen LogP contribution in [0, 0.1) is 0 Å². The summed E-state index contributed by atoms with van der Waals surface area (Å²) in [4.78, 5) is 0. The zero-order valence-corrected chi connectivity index (χ0v) is 8.85. The number of hydrogen-bond acceptors (Lipinski definition) is 2. The minimum Gasteiger partial charge on any atom is -0.466 e. The lowest BCUT2D eigenvalue weighted by Gasteiger charge is -2.06. The summed E-state index contributed by atoms with van der Waals surface area (Å²) in [6, 6.07) is 5.40. The molecule has 0 radical (unpaired) electrons. The lowest BCUT2D eigenvalue weighted by Crippen LogP contribution is -1.98. The maximum absolute atomic E-state index is 5.83. The normalized spacial score (nSPS) is 9.92. The Balaban J connectivity index is 2.75. The fourth-order valence-corrected chi connectivity index (χ4v) is 1.22. The van der Waals surface area contributed by atoms with Crippen LogP contribution in [0.3, 0.4) is 0 Å². The zero-order chi connectivity index (χ0) is 8.97. The van der Waals surface area contributed by atoms with E-state index in [1.165, 1.54) is 0 Å². The van der Waals surface area contributed by atoms with Crippen LogP contribution in [0.25, 0.3) is 0 Å². The van der Waals surface area contributed by atoms with Gasteiger partial charge in [-0.1, -0.05) is 27.5 Å². The highest BCUT2D eigenvalue weighted by molar-refractivity contribution is 9.10. The van der Waals surface area contributed by atoms with Gasteiger partial charge in [0.2, 0.25) is 0 Å². The second kappa shape index (κ2) is 4.70. The maximum atomic E-state index is 5.83. The molecule has 0 bridgehead atoms. The average molecular weight is 252 g/mol. The highest BCUT2D eigenvalue weighted by Gasteiger charge is 2.00. The van der Waals surface area contributed by atoms with Gasteiger partial charge in [-0.15, -0.1) is 0 Å². The molecule has 0 heterocycles. The van der Waals surface area contributed by atoms with E-state index in [2.05, 4.69) is 15.9 Å². The number of hydrogen-bond donors (Lipinski definition) is 0. The summed E-state index contributed by atoms with van der Waals surface area (Å²) in [5.74, 6) is 0.618. The van der Waals surface area contributed by atoms with Gasteiger partial charge < -0.3 is 9.47 Å². The van der Waals surface area contributed by atoms with Crippen molar-refractivity contribution in [1.82, 2.24) is 0 Å². The van der Waals surface area contributed by atoms with Gasteiger partial charge in [0.05, 0.1) is 5.02 Å². The predicted octanol–water partition coefficient (Wildman–Crippen LogP) is 3.09. The van der Waals surface area contributed by atoms with Crippen molar-refractivity contribution in [2.75, 3.05) is 13.9 Å². The molecule has 0 aliphatic carbocycles. The second-order valence-electron chi connectivity index (χ2n) is 2.13. The minimum absolute atomic E-state index is 0.205. The Morgan fingerprint density at radius 1 is 1.50 bits per heavy atom. The van der Waals surface area contributed by atoms with Crippen LogP contribution in [0.15, 0.2) is 22.7 Å². The zero-order valence-electron chi connectivity index (χ0n) is 6.51. The Morgan fingerprint density at radius 3 is 2.92 bits per heavy atom. The fraction of sp³-hybridized carbons (Fsp3) is 0.250. The minimum atomic E-state index is 0.205. The summed E-state index contributed by atoms with van der Waals surface area (Å²) < 4.78 is 10.9. The molecule has 0 atom stereocenters. The molecule has 0 saturated heterocycles. The van der Waals surface area contributed by atoms with Gasteiger partial charge in [-0.3, -0.25) is 0 Å². The first-order chi connectivity index (χ1) is 5.74. The first kappa shape index (κ1) is 9.84. The standard InChI is InChI=1S/C8H8BrClO2/c1-11-5-12-8-4-6(9)2-3-7(8)10/h2-4H,5H2,1H3. The summed E-state index contributed by atoms with van der Waals surface area (Å²) in [5.41, 5.74) is 0. The molecule has 12 heavy (non-hydrogen) atoms. The second-order valence-corrected chi connectivity index (χ2v) is 3.45. The van der Waals surface area contributed by atoms with E-state index >= 15 is 0 Å². The molecule has 0 unspecified atom stereocenters. The van der Waals surface area contributed by atoms with E-state index in [0.717, 1.165) is 4.47 Å². The van der Waals surface area contributed by atoms with Gasteiger partial charge in [-0.2, -0.15) is 0 Å². The van der Waals surface area contributed by atoms with E-state index in [1.54, 1.807) is 19.2 Å². The van der Waals surface area contributed by atoms with E-state index in [9.17, 15) is 0 Å². The summed E-state index contributed by atoms with van der Waals surface area (Å²) in [6.45, 7) is 0.205. The Hall–Kier alpha value is -0.250. The number of rotatable bonds is 3. The summed E-state index contributed by atoms with van der Waals surface area (Å²) in [6.07, 6.45) is 0. The number of methoxy groups -OCH3 is 1. The third kappa shape index (κ3) is 2.66. The Bertz CT molecular complexity index is 265. The Labute approximate surface area is 84.6 Å². The smallest absolute Gasteiger partial charge is 0.188 e. The molecule has 2 nitrogen and oxygen atoms in total. The molecule has 0 aliphatic heterocycles. The average Bonchev–Trinajstić information content (AvgIpc) is 2.07. The quantitative estimate of drug-likeness (QED) is 0.769. The van der Waals surface area contributed by atoms with E-state index in [4.69, 9.17) is 21.1 Å². The summed E-state index contributed by atoms with van der Waals surface area (Å²) in [7, 11) is 1.56. The van der Waals surface area contributed by atoms with Crippen LogP contribution < -0.4 is 4.74 Å². The molecule has 4 heteroatoms. The lowest BCUT2D eigenvalue weighted by atomic mass is 10.3. The van der Waals surface area contributed by atoms with E-state index < -0.39 is 0 Å². The first-order valence-electron chi connectivity index (χ1n) is 3.31. The van der Waals surface area contributed by atoms with E-state index in [0.29, 0.717) is 10.8 Å². The summed E-state index contributed by atoms with van der Waals surface area (Å²) >= 11 is 9.14. The monoisotopic (exact) mass is 250 g/mol. The van der Waals surface area contributed by atoms with Crippen molar-refractivity contribution < 1.29 is 9.47 Å². The van der Waals surface area contributed by atoms with Crippen LogP contribution in [-0.2, 0) is 4.74 Å². The molecule has 0 spiro atoms. The molecule has 0 fully saturated rings. The van der Waals surface area contributed by atoms with Gasteiger partial charge in [0.15, 0.2) is 6.79 Å². The predicted molar refractivity (Wildman–Crippen MR) is 51.7 cm³/mol. The van der Waals surface area contributed by atoms with Crippen molar-refractivity contribution in [3.05, 3.63) is 27.7 Å². The first-order valence-corrected chi connectivity index (χ1v) is 4.48. The van der Waals surface area contributed by atoms with Gasteiger partial charge >= 0.3 is 0 Å². The van der Waals surface area contributed by atoms with E-state index in [1.807, 2.05) is 6.07 Å². The van der Waals surface area contributed by atoms with Gasteiger partial charge in [0.25, 0.3) is 0 Å². The molecule has 0 amide bonds. The van der Waals surface area contributed by atoms with Crippen molar-refractivity contribution in [3.8, 4) is 5.75 Å². The third-order valence-corrected chi connectivity index (χ3v) is 2.03. The van der Waals surface area contributed by atoms with E-state index in [-0.39, 0.29) is 6.79 Å². The highest BCUT2D eigenvalue weighted by atomic mass is 79.9. The van der Waals surface area contributed by atoms with Crippen LogP contribution in [-0.4, -0.2) is 13.9 Å². The Kier molecular flexibility index (Phi) is 3.85. The maximum Gasteiger partial charge on any atom is 0.188 e. The molecular formula is C8H8BrClO2. The third-order valence-electron chi connectivity index (χ3n) is 1.23. The van der Waals surface area contributed by atoms with Crippen molar-refractivity contribution in [1.29, 1.82) is 0 Å². The van der Waals surface area contributed by atoms with Crippen LogP contribution in [0.5, 0.6) is 5.75 Å². The van der Waals surface area contributed by atoms with Gasteiger partial charge in [-0.05, 0) is 18.2 Å². The molecule has 0 aromatic heterocycles. The molecule has 1 aromatic rings. The molecular weight excluding hydrogens is 243 g/mol. The highest BCUT2D eigenvalue weighted by Crippen LogP contribution is 2.27. The van der Waals surface area contributed by atoms with Crippen LogP contribution in [0.2, 0.25) is 5.02 Å². The van der Waals surface area contributed by atoms with Crippen LogP contribution >= 0.6 is 27.5 Å². The van der Waals surface area contributed by atoms with Gasteiger partial charge in [0.1, 0.15) is 5.75 Å². The van der Waals surface area contributed by atoms with Crippen molar-refractivity contribution >= 4 is 27.5 Å². The molecule has 0 saturated carbocycles. The topological polar surface area (TPSA) is 18.5 Å². The number of halogens is 2. The van der Waals surface area contributed by atoms with Crippen molar-refractivity contribution in [2.45, 2.75) is 0 Å². The van der Waals surface area contributed by atoms with Gasteiger partial charge in [0, 0.05) is 11.6 Å². The molecule has 1 rings (SSSR count). The van der Waals surface area contributed by atoms with Crippen molar-refractivity contribution in [2.24, 2.45) is 0 Å². The van der Waals surface area contributed by atoms with Gasteiger partial charge in [-0.25, -0.2) is 0 Å². The molecule has 66 valence electrons. The molecule has 1 aromatic carbocycles. The number of ether oxygens (including phenoxy) is 2. The largest absolute Gasteiger partial charge is 0.466 e. The Morgan fingerprint density at radius 2 is 2.25 bits per heavy atom. The van der Waals surface area contributed by atoms with Crippen LogP contribution in [0.4, 0.5) is 0 Å². The molecule has 0 N–H and O–H groups in total. The van der Waals surface area contributed by atoms with Crippen LogP contribution in [0.1, 0.15) is 0 Å². The number of benzene rings is 1. The SMILES string of the molecule is COCOc1cc(Br)ccc1Cl. The lowest BCUT2D eigenvalue weighted by molar-refractivity contribution is 0.0511.